The molecule has 0 aromatic heterocycles. The number of hydrogen-bond acceptors (Lipinski definition) is 6. The van der Waals surface area contributed by atoms with Gasteiger partial charge in [0.1, 0.15) is 0 Å². The van der Waals surface area contributed by atoms with Crippen molar-refractivity contribution >= 4 is 0 Å². The van der Waals surface area contributed by atoms with Crippen molar-refractivity contribution in [1.29, 1.82) is 0 Å². The standard InChI is InChI=1S/C8H6O6/c9-3-4(10)6-8(14-2-12-6)7-5(3)11-1-13-7/h9-10H,1-2H2. The molecule has 0 unspecified atom stereocenters. The molecule has 1 aromatic carbocycles. The van der Waals surface area contributed by atoms with E-state index < -0.39 is 0 Å². The minimum Gasteiger partial charge on any atom is -0.501 e. The summed E-state index contributed by atoms with van der Waals surface area (Å²) in [4.78, 5) is 0. The highest BCUT2D eigenvalue weighted by Gasteiger charge is 2.34. The Labute approximate surface area is 78.2 Å². The molecule has 0 saturated heterocycles. The molecule has 2 aliphatic rings. The van der Waals surface area contributed by atoms with Crippen LogP contribution < -0.4 is 18.9 Å². The summed E-state index contributed by atoms with van der Waals surface area (Å²) in [5.74, 6) is -0.0531. The molecule has 2 N–H and O–H groups in total. The van der Waals surface area contributed by atoms with Crippen LogP contribution in [0.3, 0.4) is 0 Å². The molecule has 0 spiro atoms. The van der Waals surface area contributed by atoms with Crippen LogP contribution in [0.1, 0.15) is 0 Å². The SMILES string of the molecule is Oc1c(O)c2c(c3c1OCO3)OCO2. The van der Waals surface area contributed by atoms with E-state index in [2.05, 4.69) is 0 Å². The largest absolute Gasteiger partial charge is 0.501 e. The summed E-state index contributed by atoms with van der Waals surface area (Å²) in [5, 5.41) is 19.0. The molecule has 6 heteroatoms. The third-order valence-corrected chi connectivity index (χ3v) is 2.09. The van der Waals surface area contributed by atoms with Gasteiger partial charge in [0.05, 0.1) is 0 Å². The van der Waals surface area contributed by atoms with Crippen molar-refractivity contribution in [2.24, 2.45) is 0 Å². The Hall–Kier alpha value is -1.98. The van der Waals surface area contributed by atoms with E-state index in [0.717, 1.165) is 0 Å². The van der Waals surface area contributed by atoms with Gasteiger partial charge < -0.3 is 29.2 Å². The van der Waals surface area contributed by atoms with Crippen molar-refractivity contribution in [3.8, 4) is 34.5 Å². The summed E-state index contributed by atoms with van der Waals surface area (Å²) in [7, 11) is 0. The summed E-state index contributed by atoms with van der Waals surface area (Å²) < 4.78 is 20.1. The Morgan fingerprint density at radius 3 is 1.43 bits per heavy atom. The predicted octanol–water partition coefficient (Wildman–Crippen LogP) is 0.555. The normalized spacial score (nSPS) is 16.0. The van der Waals surface area contributed by atoms with Crippen molar-refractivity contribution in [2.45, 2.75) is 0 Å². The lowest BCUT2D eigenvalue weighted by Crippen LogP contribution is -1.95. The highest BCUT2D eigenvalue weighted by Crippen LogP contribution is 2.59. The van der Waals surface area contributed by atoms with E-state index >= 15 is 0 Å². The molecule has 0 atom stereocenters. The molecule has 1 aromatic rings. The van der Waals surface area contributed by atoms with Crippen LogP contribution in [-0.2, 0) is 0 Å². The second-order valence-electron chi connectivity index (χ2n) is 2.83. The van der Waals surface area contributed by atoms with Gasteiger partial charge in [0.15, 0.2) is 0 Å². The van der Waals surface area contributed by atoms with Crippen molar-refractivity contribution in [3.63, 3.8) is 0 Å². The molecular formula is C8H6O6. The highest BCUT2D eigenvalue weighted by atomic mass is 16.7. The number of benzene rings is 1. The summed E-state index contributed by atoms with van der Waals surface area (Å²) in [6, 6.07) is 0. The topological polar surface area (TPSA) is 77.4 Å². The van der Waals surface area contributed by atoms with E-state index in [1.165, 1.54) is 0 Å². The first-order valence-electron chi connectivity index (χ1n) is 3.92. The van der Waals surface area contributed by atoms with Crippen molar-refractivity contribution in [1.82, 2.24) is 0 Å². The molecule has 0 saturated carbocycles. The summed E-state index contributed by atoms with van der Waals surface area (Å²) >= 11 is 0. The van der Waals surface area contributed by atoms with Gasteiger partial charge in [-0.15, -0.1) is 0 Å². The van der Waals surface area contributed by atoms with E-state index in [1.807, 2.05) is 0 Å². The number of phenols is 2. The zero-order chi connectivity index (χ0) is 9.71. The highest BCUT2D eigenvalue weighted by molar-refractivity contribution is 5.73. The minimum absolute atomic E-state index is 0.0118. The van der Waals surface area contributed by atoms with Crippen molar-refractivity contribution in [3.05, 3.63) is 0 Å². The molecule has 2 heterocycles. The van der Waals surface area contributed by atoms with Gasteiger partial charge in [-0.1, -0.05) is 0 Å². The van der Waals surface area contributed by atoms with E-state index in [0.29, 0.717) is 0 Å². The lowest BCUT2D eigenvalue weighted by atomic mass is 10.2. The van der Waals surface area contributed by atoms with Gasteiger partial charge in [-0.3, -0.25) is 0 Å². The van der Waals surface area contributed by atoms with Crippen LogP contribution in [0.15, 0.2) is 0 Å². The Morgan fingerprint density at radius 2 is 1.00 bits per heavy atom. The van der Waals surface area contributed by atoms with E-state index in [-0.39, 0.29) is 48.1 Å². The van der Waals surface area contributed by atoms with Crippen LogP contribution in [0.2, 0.25) is 0 Å². The monoisotopic (exact) mass is 198 g/mol. The number of fused-ring (bicyclic) bond motifs is 3. The lowest BCUT2D eigenvalue weighted by Gasteiger charge is -2.05. The second kappa shape index (κ2) is 2.28. The van der Waals surface area contributed by atoms with E-state index in [9.17, 15) is 10.2 Å². The maximum absolute atomic E-state index is 9.49. The zero-order valence-corrected chi connectivity index (χ0v) is 6.94. The van der Waals surface area contributed by atoms with Crippen LogP contribution >= 0.6 is 0 Å². The zero-order valence-electron chi connectivity index (χ0n) is 6.94. The molecule has 0 aliphatic carbocycles. The fraction of sp³-hybridized carbons (Fsp3) is 0.250. The molecule has 3 rings (SSSR count). The van der Waals surface area contributed by atoms with Gasteiger partial charge in [0.2, 0.25) is 48.1 Å². The van der Waals surface area contributed by atoms with E-state index in [4.69, 9.17) is 18.9 Å². The number of aromatic hydroxyl groups is 2. The third kappa shape index (κ3) is 0.704. The van der Waals surface area contributed by atoms with Crippen LogP contribution in [0.25, 0.3) is 0 Å². The Bertz CT molecular complexity index is 374. The fourth-order valence-corrected chi connectivity index (χ4v) is 1.46. The first kappa shape index (κ1) is 7.43. The van der Waals surface area contributed by atoms with Gasteiger partial charge in [0, 0.05) is 0 Å². The average Bonchev–Trinajstić information content (AvgIpc) is 2.80. The number of rotatable bonds is 0. The van der Waals surface area contributed by atoms with E-state index in [1.54, 1.807) is 0 Å². The Kier molecular flexibility index (Phi) is 1.21. The maximum atomic E-state index is 9.49. The molecule has 0 bridgehead atoms. The average molecular weight is 198 g/mol. The number of ether oxygens (including phenoxy) is 4. The summed E-state index contributed by atoms with van der Waals surface area (Å²) in [6.45, 7) is -0.0235. The lowest BCUT2D eigenvalue weighted by molar-refractivity contribution is 0.153. The fourth-order valence-electron chi connectivity index (χ4n) is 1.46. The molecular weight excluding hydrogens is 192 g/mol. The molecule has 6 nitrogen and oxygen atoms in total. The quantitative estimate of drug-likeness (QED) is 0.593. The van der Waals surface area contributed by atoms with Gasteiger partial charge in [-0.25, -0.2) is 0 Å². The summed E-state index contributed by atoms with van der Waals surface area (Å²) in [5.41, 5.74) is 0. The van der Waals surface area contributed by atoms with Gasteiger partial charge >= 0.3 is 0 Å². The van der Waals surface area contributed by atoms with Crippen LogP contribution in [0, 0.1) is 0 Å². The van der Waals surface area contributed by atoms with Crippen molar-refractivity contribution in [2.75, 3.05) is 13.6 Å². The van der Waals surface area contributed by atoms with Crippen LogP contribution in [0.5, 0.6) is 34.5 Å². The first-order valence-corrected chi connectivity index (χ1v) is 3.92. The van der Waals surface area contributed by atoms with Crippen molar-refractivity contribution < 1.29 is 29.2 Å². The predicted molar refractivity (Wildman–Crippen MR) is 42.0 cm³/mol. The van der Waals surface area contributed by atoms with Gasteiger partial charge in [-0.05, 0) is 0 Å². The Balaban J connectivity index is 2.34. The molecule has 0 radical (unpaired) electrons. The number of phenolic OH excluding ortho intramolecular Hbond substituents is 2. The van der Waals surface area contributed by atoms with Gasteiger partial charge in [-0.2, -0.15) is 0 Å². The smallest absolute Gasteiger partial charge is 0.231 e. The minimum atomic E-state index is -0.387. The first-order chi connectivity index (χ1) is 6.79. The number of hydrogen-bond donors (Lipinski definition) is 2. The third-order valence-electron chi connectivity index (χ3n) is 2.09. The summed E-state index contributed by atoms with van der Waals surface area (Å²) in [6.07, 6.45) is 0. The molecule has 14 heavy (non-hydrogen) atoms. The molecule has 2 aliphatic heterocycles. The molecule has 0 amide bonds. The second-order valence-corrected chi connectivity index (χ2v) is 2.83. The van der Waals surface area contributed by atoms with Crippen LogP contribution in [-0.4, -0.2) is 23.8 Å². The van der Waals surface area contributed by atoms with Gasteiger partial charge in [0.25, 0.3) is 0 Å². The van der Waals surface area contributed by atoms with Crippen LogP contribution in [0.4, 0.5) is 0 Å². The Morgan fingerprint density at radius 1 is 0.643 bits per heavy atom. The maximum Gasteiger partial charge on any atom is 0.231 e. The molecule has 0 fully saturated rings. The molecule has 74 valence electrons.